The van der Waals surface area contributed by atoms with Gasteiger partial charge in [0.1, 0.15) is 23.7 Å². The number of carbonyl (C=O) groups excluding carboxylic acids is 4. The zero-order chi connectivity index (χ0) is 29.5. The molecule has 0 spiro atoms. The Morgan fingerprint density at radius 2 is 1.72 bits per heavy atom. The van der Waals surface area contributed by atoms with Gasteiger partial charge >= 0.3 is 12.1 Å². The number of esters is 1. The highest BCUT2D eigenvalue weighted by atomic mass is 16.6. The summed E-state index contributed by atoms with van der Waals surface area (Å²) in [5.41, 5.74) is -0.891. The molecule has 2 N–H and O–H groups in total. The van der Waals surface area contributed by atoms with E-state index in [4.69, 9.17) is 9.47 Å². The second kappa shape index (κ2) is 10.8. The summed E-state index contributed by atoms with van der Waals surface area (Å²) < 4.78 is 10.4. The van der Waals surface area contributed by atoms with Gasteiger partial charge in [-0.05, 0) is 55.6 Å². The van der Waals surface area contributed by atoms with Crippen molar-refractivity contribution in [1.82, 2.24) is 20.5 Å². The topological polar surface area (TPSA) is 127 Å². The van der Waals surface area contributed by atoms with Crippen molar-refractivity contribution in [3.8, 4) is 0 Å². The van der Waals surface area contributed by atoms with Crippen LogP contribution in [0.3, 0.4) is 0 Å². The van der Waals surface area contributed by atoms with Crippen LogP contribution in [-0.4, -0.2) is 71.1 Å². The molecule has 0 aromatic carbocycles. The quantitative estimate of drug-likeness (QED) is 0.505. The monoisotopic (exact) mass is 544 g/mol. The number of alkyl carbamates (subject to hydrolysis) is 1. The van der Waals surface area contributed by atoms with Gasteiger partial charge in [0.2, 0.25) is 11.8 Å². The van der Waals surface area contributed by atoms with Gasteiger partial charge in [-0.3, -0.25) is 14.6 Å². The molecule has 1 aromatic heterocycles. The van der Waals surface area contributed by atoms with E-state index in [-0.39, 0.29) is 23.2 Å². The fraction of sp³-hybridized carbons (Fsp3) is 0.690. The lowest BCUT2D eigenvalue weighted by Gasteiger charge is -2.38. The molecule has 1 aromatic rings. The van der Waals surface area contributed by atoms with Crippen LogP contribution in [0.1, 0.15) is 73.9 Å². The zero-order valence-corrected chi connectivity index (χ0v) is 24.8. The van der Waals surface area contributed by atoms with Crippen LogP contribution in [0.15, 0.2) is 24.4 Å². The predicted molar refractivity (Wildman–Crippen MR) is 145 cm³/mol. The second-order valence-corrected chi connectivity index (χ2v) is 13.4. The number of rotatable bonds is 7. The SMILES string of the molecule is COC(=O)C(NC(=O)[C@@H]1[C@@H]2[C@H](CN1C(=O)C(NC(=O)OC(C)(C)C)C(C)(C)C)C2(C)C)C(C)c1ccccn1. The van der Waals surface area contributed by atoms with Gasteiger partial charge in [0, 0.05) is 24.4 Å². The van der Waals surface area contributed by atoms with Crippen molar-refractivity contribution < 1.29 is 28.7 Å². The summed E-state index contributed by atoms with van der Waals surface area (Å²) in [6, 6.07) is 2.66. The number of hydrogen-bond acceptors (Lipinski definition) is 7. The Hall–Kier alpha value is -3.17. The average Bonchev–Trinajstić information content (AvgIpc) is 3.16. The third kappa shape index (κ3) is 6.53. The molecule has 216 valence electrons. The first-order valence-corrected chi connectivity index (χ1v) is 13.5. The maximum absolute atomic E-state index is 14.0. The van der Waals surface area contributed by atoms with Gasteiger partial charge in [-0.2, -0.15) is 0 Å². The molecule has 10 nitrogen and oxygen atoms in total. The van der Waals surface area contributed by atoms with E-state index >= 15 is 0 Å². The molecule has 1 saturated heterocycles. The van der Waals surface area contributed by atoms with E-state index < -0.39 is 53.0 Å². The Morgan fingerprint density at radius 1 is 1.08 bits per heavy atom. The van der Waals surface area contributed by atoms with Gasteiger partial charge in [0.05, 0.1) is 7.11 Å². The van der Waals surface area contributed by atoms with Crippen LogP contribution >= 0.6 is 0 Å². The number of pyridine rings is 1. The molecule has 2 heterocycles. The summed E-state index contributed by atoms with van der Waals surface area (Å²) in [7, 11) is 1.27. The summed E-state index contributed by atoms with van der Waals surface area (Å²) in [4.78, 5) is 59.2. The number of nitrogens with zero attached hydrogens (tertiary/aromatic N) is 2. The van der Waals surface area contributed by atoms with E-state index in [2.05, 4.69) is 29.5 Å². The average molecular weight is 545 g/mol. The smallest absolute Gasteiger partial charge is 0.408 e. The van der Waals surface area contributed by atoms with Crippen molar-refractivity contribution in [2.75, 3.05) is 13.7 Å². The molecule has 3 amide bonds. The van der Waals surface area contributed by atoms with Crippen LogP contribution in [0, 0.1) is 22.7 Å². The Balaban J connectivity index is 1.88. The number of methoxy groups -OCH3 is 1. The molecule has 1 aliphatic heterocycles. The molecule has 3 rings (SSSR count). The largest absolute Gasteiger partial charge is 0.467 e. The standard InChI is InChI=1S/C29H44N4O6/c1-16(18-13-11-12-14-30-18)20(25(36)38-10)31-23(34)21-19-17(29(19,8)9)15-33(21)24(35)22(27(2,3)4)32-26(37)39-28(5,6)7/h11-14,16-17,19-22H,15H2,1-10H3,(H,31,34)(H,32,37)/t16?,17-,19-,20?,21-,22?/m0/s1. The summed E-state index contributed by atoms with van der Waals surface area (Å²) in [5, 5.41) is 5.62. The number of hydrogen-bond donors (Lipinski definition) is 2. The molecule has 6 atom stereocenters. The van der Waals surface area contributed by atoms with Gasteiger partial charge in [-0.25, -0.2) is 9.59 Å². The lowest BCUT2D eigenvalue weighted by atomic mass is 9.85. The number of likely N-dealkylation sites (tertiary alicyclic amines) is 1. The van der Waals surface area contributed by atoms with Gasteiger partial charge in [0.15, 0.2) is 0 Å². The molecule has 2 aliphatic rings. The van der Waals surface area contributed by atoms with Crippen molar-refractivity contribution in [3.05, 3.63) is 30.1 Å². The number of ether oxygens (including phenoxy) is 2. The van der Waals surface area contributed by atoms with E-state index in [0.717, 1.165) is 0 Å². The molecule has 0 bridgehead atoms. The Kier molecular flexibility index (Phi) is 8.39. The number of aromatic nitrogens is 1. The highest BCUT2D eigenvalue weighted by Gasteiger charge is 2.70. The first-order chi connectivity index (χ1) is 17.9. The number of piperidine rings is 1. The fourth-order valence-electron chi connectivity index (χ4n) is 5.62. The number of amides is 3. The van der Waals surface area contributed by atoms with E-state index in [1.807, 2.05) is 26.8 Å². The molecule has 2 fully saturated rings. The molecular weight excluding hydrogens is 500 g/mol. The first-order valence-electron chi connectivity index (χ1n) is 13.5. The number of carbonyl (C=O) groups is 4. The summed E-state index contributed by atoms with van der Waals surface area (Å²) in [6.07, 6.45) is 0.928. The van der Waals surface area contributed by atoms with E-state index in [9.17, 15) is 19.2 Å². The number of fused-ring (bicyclic) bond motifs is 1. The molecule has 10 heteroatoms. The van der Waals surface area contributed by atoms with Crippen LogP contribution in [0.2, 0.25) is 0 Å². The molecule has 3 unspecified atom stereocenters. The summed E-state index contributed by atoms with van der Waals surface area (Å²) >= 11 is 0. The predicted octanol–water partition coefficient (Wildman–Crippen LogP) is 3.27. The minimum atomic E-state index is -0.992. The van der Waals surface area contributed by atoms with Gasteiger partial charge in [0.25, 0.3) is 0 Å². The van der Waals surface area contributed by atoms with Crippen LogP contribution in [-0.2, 0) is 23.9 Å². The molecule has 1 aliphatic carbocycles. The Bertz CT molecular complexity index is 1090. The van der Waals surface area contributed by atoms with E-state index in [1.165, 1.54) is 7.11 Å². The normalized spacial score (nSPS) is 24.1. The lowest BCUT2D eigenvalue weighted by molar-refractivity contribution is -0.148. The van der Waals surface area contributed by atoms with Crippen LogP contribution in [0.5, 0.6) is 0 Å². The minimum absolute atomic E-state index is 0.0768. The van der Waals surface area contributed by atoms with Gasteiger partial charge in [-0.15, -0.1) is 0 Å². The third-order valence-corrected chi connectivity index (χ3v) is 7.94. The minimum Gasteiger partial charge on any atom is -0.467 e. The first kappa shape index (κ1) is 30.4. The van der Waals surface area contributed by atoms with Crippen molar-refractivity contribution in [2.45, 2.75) is 92.0 Å². The van der Waals surface area contributed by atoms with E-state index in [1.54, 1.807) is 50.9 Å². The Labute approximate surface area is 231 Å². The van der Waals surface area contributed by atoms with Crippen LogP contribution < -0.4 is 10.6 Å². The van der Waals surface area contributed by atoms with Crippen molar-refractivity contribution in [3.63, 3.8) is 0 Å². The van der Waals surface area contributed by atoms with Crippen molar-refractivity contribution in [1.29, 1.82) is 0 Å². The maximum atomic E-state index is 14.0. The molecule has 1 saturated carbocycles. The molecule has 39 heavy (non-hydrogen) atoms. The zero-order valence-electron chi connectivity index (χ0n) is 24.8. The lowest BCUT2D eigenvalue weighted by Crippen LogP contribution is -2.60. The van der Waals surface area contributed by atoms with E-state index in [0.29, 0.717) is 12.2 Å². The maximum Gasteiger partial charge on any atom is 0.408 e. The summed E-state index contributed by atoms with van der Waals surface area (Å²) in [5.74, 6) is -1.79. The van der Waals surface area contributed by atoms with Crippen LogP contribution in [0.25, 0.3) is 0 Å². The van der Waals surface area contributed by atoms with Gasteiger partial charge in [-0.1, -0.05) is 47.6 Å². The van der Waals surface area contributed by atoms with Crippen molar-refractivity contribution in [2.24, 2.45) is 22.7 Å². The van der Waals surface area contributed by atoms with Crippen molar-refractivity contribution >= 4 is 23.9 Å². The Morgan fingerprint density at radius 3 is 2.23 bits per heavy atom. The molecular formula is C29H44N4O6. The fourth-order valence-corrected chi connectivity index (χ4v) is 5.62. The highest BCUT2D eigenvalue weighted by Crippen LogP contribution is 2.65. The third-order valence-electron chi connectivity index (χ3n) is 7.94. The second-order valence-electron chi connectivity index (χ2n) is 13.4. The summed E-state index contributed by atoms with van der Waals surface area (Å²) in [6.45, 7) is 17.2. The molecule has 0 radical (unpaired) electrons. The van der Waals surface area contributed by atoms with Gasteiger partial charge < -0.3 is 25.0 Å². The highest BCUT2D eigenvalue weighted by molar-refractivity contribution is 5.95. The van der Waals surface area contributed by atoms with Crippen LogP contribution in [0.4, 0.5) is 4.79 Å². The number of nitrogens with one attached hydrogen (secondary N) is 2.